The van der Waals surface area contributed by atoms with Crippen molar-refractivity contribution in [1.29, 1.82) is 0 Å². The topological polar surface area (TPSA) is 92.6 Å². The van der Waals surface area contributed by atoms with Crippen LogP contribution in [0, 0.1) is 16.0 Å². The Morgan fingerprint density at radius 2 is 1.96 bits per heavy atom. The molecule has 8 heteroatoms. The van der Waals surface area contributed by atoms with E-state index in [2.05, 4.69) is 5.32 Å². The molecule has 1 aliphatic rings. The van der Waals surface area contributed by atoms with Crippen LogP contribution in [0.5, 0.6) is 0 Å². The summed E-state index contributed by atoms with van der Waals surface area (Å²) in [6, 6.07) is 4.21. The Labute approximate surface area is 136 Å². The number of hydrogen-bond donors (Lipinski definition) is 1. The third-order valence-electron chi connectivity index (χ3n) is 4.22. The van der Waals surface area contributed by atoms with Crippen molar-refractivity contribution in [3.8, 4) is 0 Å². The number of sulfonamides is 1. The van der Waals surface area contributed by atoms with Crippen LogP contribution in [0.1, 0.15) is 33.6 Å². The van der Waals surface area contributed by atoms with Crippen LogP contribution in [0.25, 0.3) is 0 Å². The Hall–Kier alpha value is -1.67. The fourth-order valence-corrected chi connectivity index (χ4v) is 4.10. The molecule has 2 rings (SSSR count). The Morgan fingerprint density at radius 3 is 2.43 bits per heavy atom. The molecule has 0 heterocycles. The lowest BCUT2D eigenvalue weighted by Crippen LogP contribution is -2.30. The lowest BCUT2D eigenvalue weighted by atomic mass is 10.2. The molecule has 1 aromatic carbocycles. The van der Waals surface area contributed by atoms with Crippen LogP contribution in [0.4, 0.5) is 11.4 Å². The van der Waals surface area contributed by atoms with Gasteiger partial charge in [-0.1, -0.05) is 13.8 Å². The number of hydrogen-bond acceptors (Lipinski definition) is 5. The van der Waals surface area contributed by atoms with E-state index in [-0.39, 0.29) is 16.6 Å². The van der Waals surface area contributed by atoms with Crippen molar-refractivity contribution in [2.75, 3.05) is 18.4 Å². The van der Waals surface area contributed by atoms with Gasteiger partial charge in [-0.3, -0.25) is 10.1 Å². The Bertz CT molecular complexity index is 682. The van der Waals surface area contributed by atoms with Gasteiger partial charge in [0.05, 0.1) is 9.82 Å². The van der Waals surface area contributed by atoms with Gasteiger partial charge in [-0.25, -0.2) is 8.42 Å². The van der Waals surface area contributed by atoms with Crippen molar-refractivity contribution < 1.29 is 13.3 Å². The van der Waals surface area contributed by atoms with Gasteiger partial charge < -0.3 is 5.32 Å². The average Bonchev–Trinajstić information content (AvgIpc) is 3.32. The normalized spacial score (nSPS) is 16.3. The van der Waals surface area contributed by atoms with Gasteiger partial charge in [0.15, 0.2) is 0 Å². The van der Waals surface area contributed by atoms with E-state index in [1.807, 2.05) is 6.92 Å². The van der Waals surface area contributed by atoms with Crippen LogP contribution in [0.3, 0.4) is 0 Å². The maximum Gasteiger partial charge on any atom is 0.293 e. The lowest BCUT2D eigenvalue weighted by molar-refractivity contribution is -0.384. The third kappa shape index (κ3) is 3.81. The number of nitro benzene ring substituents is 1. The quantitative estimate of drug-likeness (QED) is 0.580. The van der Waals surface area contributed by atoms with Crippen LogP contribution in [-0.2, 0) is 10.0 Å². The highest BCUT2D eigenvalue weighted by Crippen LogP contribution is 2.36. The first-order valence-electron chi connectivity index (χ1n) is 7.86. The van der Waals surface area contributed by atoms with Crippen LogP contribution in [-0.4, -0.2) is 36.8 Å². The van der Waals surface area contributed by atoms with Gasteiger partial charge >= 0.3 is 0 Å². The zero-order chi connectivity index (χ0) is 17.2. The number of nitro groups is 1. The van der Waals surface area contributed by atoms with Crippen molar-refractivity contribution in [2.24, 2.45) is 5.92 Å². The number of nitrogens with zero attached hydrogens (tertiary/aromatic N) is 2. The van der Waals surface area contributed by atoms with E-state index in [9.17, 15) is 18.5 Å². The van der Waals surface area contributed by atoms with Gasteiger partial charge in [0.2, 0.25) is 10.0 Å². The van der Waals surface area contributed by atoms with E-state index >= 15 is 0 Å². The van der Waals surface area contributed by atoms with Crippen molar-refractivity contribution in [3.63, 3.8) is 0 Å². The number of anilines is 1. The largest absolute Gasteiger partial charge is 0.377 e. The highest BCUT2D eigenvalue weighted by atomic mass is 32.2. The molecular weight excluding hydrogens is 318 g/mol. The van der Waals surface area contributed by atoms with E-state index in [4.69, 9.17) is 0 Å². The second-order valence-electron chi connectivity index (χ2n) is 5.80. The summed E-state index contributed by atoms with van der Waals surface area (Å²) < 4.78 is 26.3. The minimum absolute atomic E-state index is 0.0440. The number of benzene rings is 1. The molecule has 1 aromatic rings. The summed E-state index contributed by atoms with van der Waals surface area (Å²) in [6.45, 7) is 6.12. The average molecular weight is 341 g/mol. The summed E-state index contributed by atoms with van der Waals surface area (Å²) in [5, 5.41) is 14.5. The fourth-order valence-electron chi connectivity index (χ4n) is 2.62. The molecule has 0 radical (unpaired) electrons. The van der Waals surface area contributed by atoms with Crippen molar-refractivity contribution in [1.82, 2.24) is 4.31 Å². The SMILES string of the molecule is CCN(CC)S(=O)(=O)c1ccc(N[C@@H](C)C2CC2)c([N+](=O)[O-])c1. The van der Waals surface area contributed by atoms with E-state index < -0.39 is 14.9 Å². The minimum atomic E-state index is -3.71. The summed E-state index contributed by atoms with van der Waals surface area (Å²) in [7, 11) is -3.71. The first kappa shape index (κ1) is 17.7. The van der Waals surface area contributed by atoms with Crippen molar-refractivity contribution >= 4 is 21.4 Å². The molecule has 1 atom stereocenters. The lowest BCUT2D eigenvalue weighted by Gasteiger charge is -2.19. The minimum Gasteiger partial charge on any atom is -0.377 e. The summed E-state index contributed by atoms with van der Waals surface area (Å²) >= 11 is 0. The van der Waals surface area contributed by atoms with Crippen LogP contribution in [0.15, 0.2) is 23.1 Å². The Kier molecular flexibility index (Phi) is 5.26. The Morgan fingerprint density at radius 1 is 1.35 bits per heavy atom. The highest BCUT2D eigenvalue weighted by molar-refractivity contribution is 7.89. The molecule has 7 nitrogen and oxygen atoms in total. The highest BCUT2D eigenvalue weighted by Gasteiger charge is 2.30. The standard InChI is InChI=1S/C15H23N3O4S/c1-4-17(5-2)23(21,22)13-8-9-14(15(10-13)18(19)20)16-11(3)12-6-7-12/h8-12,16H,4-7H2,1-3H3/t11-/m0/s1. The van der Waals surface area contributed by atoms with Gasteiger partial charge in [0, 0.05) is 25.2 Å². The first-order chi connectivity index (χ1) is 10.8. The Balaban J connectivity index is 2.37. The molecule has 1 aliphatic carbocycles. The number of rotatable bonds is 8. The molecule has 0 unspecified atom stereocenters. The predicted octanol–water partition coefficient (Wildman–Crippen LogP) is 2.84. The summed E-state index contributed by atoms with van der Waals surface area (Å²) in [5.74, 6) is 0.536. The summed E-state index contributed by atoms with van der Waals surface area (Å²) in [5.41, 5.74) is 0.165. The second-order valence-corrected chi connectivity index (χ2v) is 7.73. The van der Waals surface area contributed by atoms with E-state index in [1.54, 1.807) is 13.8 Å². The molecule has 1 saturated carbocycles. The van der Waals surface area contributed by atoms with Crippen LogP contribution in [0.2, 0.25) is 0 Å². The van der Waals surface area contributed by atoms with Gasteiger partial charge in [-0.05, 0) is 37.8 Å². The van der Waals surface area contributed by atoms with Gasteiger partial charge in [0.25, 0.3) is 5.69 Å². The molecule has 0 saturated heterocycles. The number of nitrogens with one attached hydrogen (secondary N) is 1. The summed E-state index contributed by atoms with van der Waals surface area (Å²) in [6.07, 6.45) is 2.24. The molecular formula is C15H23N3O4S. The van der Waals surface area contributed by atoms with Gasteiger partial charge in [-0.2, -0.15) is 4.31 Å². The third-order valence-corrected chi connectivity index (χ3v) is 6.27. The predicted molar refractivity (Wildman–Crippen MR) is 89.0 cm³/mol. The molecule has 0 aliphatic heterocycles. The molecule has 0 amide bonds. The fraction of sp³-hybridized carbons (Fsp3) is 0.600. The smallest absolute Gasteiger partial charge is 0.293 e. The van der Waals surface area contributed by atoms with Crippen LogP contribution < -0.4 is 5.32 Å². The zero-order valence-corrected chi connectivity index (χ0v) is 14.5. The molecule has 0 spiro atoms. The summed E-state index contributed by atoms with van der Waals surface area (Å²) in [4.78, 5) is 10.8. The van der Waals surface area contributed by atoms with Gasteiger partial charge in [-0.15, -0.1) is 0 Å². The van der Waals surface area contributed by atoms with Crippen molar-refractivity contribution in [3.05, 3.63) is 28.3 Å². The van der Waals surface area contributed by atoms with E-state index in [1.165, 1.54) is 16.4 Å². The molecule has 23 heavy (non-hydrogen) atoms. The molecule has 1 N–H and O–H groups in total. The van der Waals surface area contributed by atoms with Crippen molar-refractivity contribution in [2.45, 2.75) is 44.6 Å². The van der Waals surface area contributed by atoms with E-state index in [0.717, 1.165) is 18.9 Å². The second kappa shape index (κ2) is 6.84. The first-order valence-corrected chi connectivity index (χ1v) is 9.30. The monoisotopic (exact) mass is 341 g/mol. The maximum absolute atomic E-state index is 12.5. The van der Waals surface area contributed by atoms with E-state index in [0.29, 0.717) is 24.7 Å². The van der Waals surface area contributed by atoms with Crippen LogP contribution >= 0.6 is 0 Å². The molecule has 0 bridgehead atoms. The maximum atomic E-state index is 12.5. The van der Waals surface area contributed by atoms with Gasteiger partial charge in [0.1, 0.15) is 5.69 Å². The zero-order valence-electron chi connectivity index (χ0n) is 13.7. The molecule has 128 valence electrons. The molecule has 1 fully saturated rings. The molecule has 0 aromatic heterocycles.